The van der Waals surface area contributed by atoms with Crippen LogP contribution in [0.1, 0.15) is 80.3 Å². The SMILES string of the molecule is Cc1cc(C(=O)[C@H]2CC[C@H]3[C@@H]4CC=C5C=C(C(=O)O)CC[C@]5(C)[C@H]4CC[C@]23C)cc(C)c1O. The molecule has 2 saturated carbocycles. The van der Waals surface area contributed by atoms with Crippen molar-refractivity contribution in [1.82, 2.24) is 0 Å². The van der Waals surface area contributed by atoms with E-state index in [9.17, 15) is 19.8 Å². The Morgan fingerprint density at radius 3 is 2.36 bits per heavy atom. The minimum absolute atomic E-state index is 0.0103. The van der Waals surface area contributed by atoms with E-state index in [1.165, 1.54) is 5.57 Å². The Bertz CT molecular complexity index is 1070. The second kappa shape index (κ2) is 7.58. The lowest BCUT2D eigenvalue weighted by atomic mass is 9.47. The van der Waals surface area contributed by atoms with Gasteiger partial charge in [0.1, 0.15) is 5.75 Å². The number of Topliss-reactive ketones (excluding diaryl/α,β-unsaturated/α-hetero) is 1. The first-order valence-electron chi connectivity index (χ1n) is 12.5. The van der Waals surface area contributed by atoms with E-state index >= 15 is 0 Å². The van der Waals surface area contributed by atoms with Crippen molar-refractivity contribution in [3.05, 3.63) is 52.1 Å². The molecule has 0 aliphatic heterocycles. The van der Waals surface area contributed by atoms with Crippen LogP contribution in [0.25, 0.3) is 0 Å². The minimum Gasteiger partial charge on any atom is -0.507 e. The number of benzene rings is 1. The van der Waals surface area contributed by atoms with E-state index in [1.54, 1.807) is 0 Å². The quantitative estimate of drug-likeness (QED) is 0.525. The van der Waals surface area contributed by atoms with E-state index in [2.05, 4.69) is 19.9 Å². The highest BCUT2D eigenvalue weighted by Gasteiger charge is 2.59. The van der Waals surface area contributed by atoms with E-state index < -0.39 is 5.97 Å². The molecule has 33 heavy (non-hydrogen) atoms. The molecule has 0 bridgehead atoms. The van der Waals surface area contributed by atoms with Crippen LogP contribution >= 0.6 is 0 Å². The molecule has 0 saturated heterocycles. The highest BCUT2D eigenvalue weighted by atomic mass is 16.4. The number of ketones is 1. The molecule has 1 aromatic rings. The molecule has 2 fully saturated rings. The van der Waals surface area contributed by atoms with Crippen molar-refractivity contribution >= 4 is 11.8 Å². The van der Waals surface area contributed by atoms with Crippen molar-refractivity contribution < 1.29 is 19.8 Å². The second-order valence-corrected chi connectivity index (χ2v) is 11.7. The number of aryl methyl sites for hydroxylation is 2. The minimum atomic E-state index is -0.784. The van der Waals surface area contributed by atoms with Gasteiger partial charge in [-0.05, 0) is 122 Å². The van der Waals surface area contributed by atoms with Crippen LogP contribution in [-0.2, 0) is 4.79 Å². The summed E-state index contributed by atoms with van der Waals surface area (Å²) in [6, 6.07) is 3.72. The summed E-state index contributed by atoms with van der Waals surface area (Å²) >= 11 is 0. The van der Waals surface area contributed by atoms with Gasteiger partial charge in [-0.3, -0.25) is 4.79 Å². The zero-order valence-corrected chi connectivity index (χ0v) is 20.3. The second-order valence-electron chi connectivity index (χ2n) is 11.7. The van der Waals surface area contributed by atoms with Crippen LogP contribution in [0.2, 0.25) is 0 Å². The molecule has 0 radical (unpaired) electrons. The number of carboxylic acids is 1. The van der Waals surface area contributed by atoms with Crippen molar-refractivity contribution in [2.45, 2.75) is 72.6 Å². The molecule has 4 heteroatoms. The van der Waals surface area contributed by atoms with Gasteiger partial charge in [0, 0.05) is 17.1 Å². The molecular weight excluding hydrogens is 412 g/mol. The summed E-state index contributed by atoms with van der Waals surface area (Å²) in [6.45, 7) is 8.44. The predicted molar refractivity (Wildman–Crippen MR) is 128 cm³/mol. The first kappa shape index (κ1) is 22.4. The number of rotatable bonds is 3. The molecule has 0 spiro atoms. The lowest BCUT2D eigenvalue weighted by molar-refractivity contribution is -0.133. The van der Waals surface area contributed by atoms with Crippen LogP contribution in [0.3, 0.4) is 0 Å². The number of carboxylic acid groups (broad SMARTS) is 1. The van der Waals surface area contributed by atoms with Crippen LogP contribution in [0, 0.1) is 48.3 Å². The van der Waals surface area contributed by atoms with Crippen LogP contribution < -0.4 is 0 Å². The fourth-order valence-corrected chi connectivity index (χ4v) is 8.22. The molecule has 5 rings (SSSR count). The van der Waals surface area contributed by atoms with E-state index in [-0.39, 0.29) is 28.3 Å². The number of allylic oxidation sites excluding steroid dienone is 3. The summed E-state index contributed by atoms with van der Waals surface area (Å²) in [5.41, 5.74) is 4.12. The molecule has 0 heterocycles. The molecule has 4 aliphatic rings. The Hall–Kier alpha value is -2.36. The Labute approximate surface area is 196 Å². The number of fused-ring (bicyclic) bond motifs is 5. The molecule has 6 atom stereocenters. The molecule has 1 aromatic carbocycles. The van der Waals surface area contributed by atoms with Crippen molar-refractivity contribution in [2.75, 3.05) is 0 Å². The van der Waals surface area contributed by atoms with Gasteiger partial charge in [-0.25, -0.2) is 4.79 Å². The maximum Gasteiger partial charge on any atom is 0.331 e. The molecule has 4 aliphatic carbocycles. The number of phenolic OH excluding ortho intramolecular Hbond substituents is 1. The van der Waals surface area contributed by atoms with Gasteiger partial charge in [-0.2, -0.15) is 0 Å². The van der Waals surface area contributed by atoms with Gasteiger partial charge in [-0.15, -0.1) is 0 Å². The Morgan fingerprint density at radius 1 is 1.00 bits per heavy atom. The number of phenols is 1. The Morgan fingerprint density at radius 2 is 1.70 bits per heavy atom. The molecular formula is C29H36O4. The third-order valence-electron chi connectivity index (χ3n) is 10.1. The largest absolute Gasteiger partial charge is 0.507 e. The maximum absolute atomic E-state index is 13.7. The average Bonchev–Trinajstić information content (AvgIpc) is 3.13. The molecule has 2 N–H and O–H groups in total. The number of aliphatic carboxylic acids is 1. The van der Waals surface area contributed by atoms with Gasteiger partial charge in [0.05, 0.1) is 0 Å². The molecule has 0 amide bonds. The summed E-state index contributed by atoms with van der Waals surface area (Å²) in [4.78, 5) is 25.3. The molecule has 0 aromatic heterocycles. The van der Waals surface area contributed by atoms with Gasteiger partial charge in [0.25, 0.3) is 0 Å². The van der Waals surface area contributed by atoms with E-state index in [0.717, 1.165) is 55.2 Å². The van der Waals surface area contributed by atoms with Gasteiger partial charge in [0.2, 0.25) is 0 Å². The summed E-state index contributed by atoms with van der Waals surface area (Å²) in [6.07, 6.45) is 11.0. The highest BCUT2D eigenvalue weighted by Crippen LogP contribution is 2.66. The lowest BCUT2D eigenvalue weighted by Gasteiger charge is -2.57. The Balaban J connectivity index is 1.44. The monoisotopic (exact) mass is 448 g/mol. The summed E-state index contributed by atoms with van der Waals surface area (Å²) in [5, 5.41) is 19.6. The smallest absolute Gasteiger partial charge is 0.331 e. The number of carbonyl (C=O) groups is 2. The van der Waals surface area contributed by atoms with E-state index in [4.69, 9.17) is 0 Å². The van der Waals surface area contributed by atoms with E-state index in [0.29, 0.717) is 29.7 Å². The van der Waals surface area contributed by atoms with Crippen LogP contribution in [0.5, 0.6) is 5.75 Å². The van der Waals surface area contributed by atoms with Gasteiger partial charge >= 0.3 is 5.97 Å². The Kier molecular flexibility index (Phi) is 5.15. The normalized spacial score (nSPS) is 37.3. The standard InChI is InChI=1S/C29H36O4/c1-16-13-19(14-17(2)25(16)30)26(31)24-8-7-22-21-6-5-20-15-18(27(32)33)9-11-28(20,3)23(21)10-12-29(22,24)4/h5,13-15,21-24,30H,6-12H2,1-4H3,(H,32,33)/t21-,22-,23-,24+,28-,29-/m0/s1. The number of aromatic hydroxyl groups is 1. The number of hydrogen-bond acceptors (Lipinski definition) is 3. The zero-order valence-electron chi connectivity index (χ0n) is 20.3. The van der Waals surface area contributed by atoms with Crippen molar-refractivity contribution in [2.24, 2.45) is 34.5 Å². The fourth-order valence-electron chi connectivity index (χ4n) is 8.22. The van der Waals surface area contributed by atoms with Crippen LogP contribution in [-0.4, -0.2) is 22.0 Å². The third kappa shape index (κ3) is 3.24. The first-order valence-corrected chi connectivity index (χ1v) is 12.5. The topological polar surface area (TPSA) is 74.6 Å². The molecule has 176 valence electrons. The molecule has 4 nitrogen and oxygen atoms in total. The number of hydrogen-bond donors (Lipinski definition) is 2. The average molecular weight is 449 g/mol. The van der Waals surface area contributed by atoms with Gasteiger partial charge in [0.15, 0.2) is 5.78 Å². The van der Waals surface area contributed by atoms with E-state index in [1.807, 2.05) is 32.1 Å². The fraction of sp³-hybridized carbons (Fsp3) is 0.586. The predicted octanol–water partition coefficient (Wildman–Crippen LogP) is 6.39. The third-order valence-corrected chi connectivity index (χ3v) is 10.1. The van der Waals surface area contributed by atoms with Crippen molar-refractivity contribution in [1.29, 1.82) is 0 Å². The number of carbonyl (C=O) groups excluding carboxylic acids is 1. The van der Waals surface area contributed by atoms with Crippen LogP contribution in [0.15, 0.2) is 35.4 Å². The van der Waals surface area contributed by atoms with Gasteiger partial charge in [-0.1, -0.05) is 19.9 Å². The maximum atomic E-state index is 13.7. The van der Waals surface area contributed by atoms with Crippen molar-refractivity contribution in [3.8, 4) is 5.75 Å². The highest BCUT2D eigenvalue weighted by molar-refractivity contribution is 5.99. The summed E-state index contributed by atoms with van der Waals surface area (Å²) in [5.74, 6) is 1.45. The zero-order chi connectivity index (χ0) is 23.7. The van der Waals surface area contributed by atoms with Gasteiger partial charge < -0.3 is 10.2 Å². The summed E-state index contributed by atoms with van der Waals surface area (Å²) < 4.78 is 0. The summed E-state index contributed by atoms with van der Waals surface area (Å²) in [7, 11) is 0. The first-order chi connectivity index (χ1) is 15.6. The van der Waals surface area contributed by atoms with Crippen molar-refractivity contribution in [3.63, 3.8) is 0 Å². The lowest BCUT2D eigenvalue weighted by Crippen LogP contribution is -2.50. The van der Waals surface area contributed by atoms with Crippen LogP contribution in [0.4, 0.5) is 0 Å². The molecule has 0 unspecified atom stereocenters.